The van der Waals surface area contributed by atoms with E-state index in [1.54, 1.807) is 30.0 Å². The first kappa shape index (κ1) is 18.5. The number of hydrogen-bond donors (Lipinski definition) is 2. The predicted octanol–water partition coefficient (Wildman–Crippen LogP) is 4.32. The van der Waals surface area contributed by atoms with Gasteiger partial charge in [-0.2, -0.15) is 0 Å². The molecule has 0 radical (unpaired) electrons. The van der Waals surface area contributed by atoms with Crippen LogP contribution >= 0.6 is 11.8 Å². The van der Waals surface area contributed by atoms with Gasteiger partial charge in [0.25, 0.3) is 5.91 Å². The van der Waals surface area contributed by atoms with Crippen molar-refractivity contribution in [1.82, 2.24) is 5.32 Å². The lowest BCUT2D eigenvalue weighted by Crippen LogP contribution is -2.25. The molecule has 0 saturated heterocycles. The molecule has 1 fully saturated rings. The van der Waals surface area contributed by atoms with Crippen LogP contribution in [0, 0.1) is 13.8 Å². The van der Waals surface area contributed by atoms with Crippen LogP contribution < -0.4 is 10.6 Å². The normalized spacial score (nSPS) is 13.3. The SMILES string of the molecule is Cc1ccc(SCCC(=O)Nc2cccc(C(=O)NC3CC3)c2)cc1C. The molecule has 2 amide bonds. The summed E-state index contributed by atoms with van der Waals surface area (Å²) < 4.78 is 0. The van der Waals surface area contributed by atoms with Gasteiger partial charge >= 0.3 is 0 Å². The van der Waals surface area contributed by atoms with Gasteiger partial charge in [-0.3, -0.25) is 9.59 Å². The molecular formula is C21H24N2O2S. The molecule has 0 bridgehead atoms. The number of carbonyl (C=O) groups is 2. The Kier molecular flexibility index (Phi) is 5.99. The summed E-state index contributed by atoms with van der Waals surface area (Å²) >= 11 is 1.68. The van der Waals surface area contributed by atoms with Crippen LogP contribution in [0.2, 0.25) is 0 Å². The van der Waals surface area contributed by atoms with E-state index in [9.17, 15) is 9.59 Å². The first-order chi connectivity index (χ1) is 12.5. The third-order valence-corrected chi connectivity index (χ3v) is 5.39. The topological polar surface area (TPSA) is 58.2 Å². The molecule has 136 valence electrons. The molecule has 4 nitrogen and oxygen atoms in total. The molecule has 1 aliphatic rings. The molecule has 1 saturated carbocycles. The van der Waals surface area contributed by atoms with Gasteiger partial charge in [-0.1, -0.05) is 12.1 Å². The van der Waals surface area contributed by atoms with E-state index in [4.69, 9.17) is 0 Å². The number of amides is 2. The monoisotopic (exact) mass is 368 g/mol. The van der Waals surface area contributed by atoms with Crippen LogP contribution in [0.1, 0.15) is 40.7 Å². The third-order valence-electron chi connectivity index (χ3n) is 4.40. The Morgan fingerprint density at radius 2 is 1.88 bits per heavy atom. The maximum absolute atomic E-state index is 12.2. The zero-order valence-corrected chi connectivity index (χ0v) is 16.0. The molecule has 0 atom stereocenters. The van der Waals surface area contributed by atoms with Crippen molar-refractivity contribution in [1.29, 1.82) is 0 Å². The number of thioether (sulfide) groups is 1. The van der Waals surface area contributed by atoms with Crippen molar-refractivity contribution in [3.05, 3.63) is 59.2 Å². The van der Waals surface area contributed by atoms with E-state index in [2.05, 4.69) is 42.7 Å². The highest BCUT2D eigenvalue weighted by molar-refractivity contribution is 7.99. The summed E-state index contributed by atoms with van der Waals surface area (Å²) in [6.07, 6.45) is 2.54. The Balaban J connectivity index is 1.48. The fourth-order valence-electron chi connectivity index (χ4n) is 2.52. The standard InChI is InChI=1S/C21H24N2O2S/c1-14-6-9-19(12-15(14)2)26-11-10-20(24)22-18-5-3-4-16(13-18)21(25)23-17-7-8-17/h3-6,9,12-13,17H,7-8,10-11H2,1-2H3,(H,22,24)(H,23,25). The van der Waals surface area contributed by atoms with E-state index in [0.717, 1.165) is 18.6 Å². The average Bonchev–Trinajstić information content (AvgIpc) is 3.42. The molecule has 0 aromatic heterocycles. The minimum absolute atomic E-state index is 0.0407. The molecule has 3 rings (SSSR count). The van der Waals surface area contributed by atoms with Gasteiger partial charge in [0.05, 0.1) is 0 Å². The second-order valence-corrected chi connectivity index (χ2v) is 7.89. The van der Waals surface area contributed by atoms with Crippen molar-refractivity contribution in [2.75, 3.05) is 11.1 Å². The molecule has 2 aromatic rings. The van der Waals surface area contributed by atoms with Crippen LogP contribution in [0.3, 0.4) is 0 Å². The third kappa shape index (κ3) is 5.36. The second kappa shape index (κ2) is 8.41. The van der Waals surface area contributed by atoms with E-state index in [1.807, 2.05) is 6.07 Å². The molecule has 0 aliphatic heterocycles. The van der Waals surface area contributed by atoms with Gasteiger partial charge in [0, 0.05) is 34.4 Å². The fourth-order valence-corrected chi connectivity index (χ4v) is 3.47. The Hall–Kier alpha value is -2.27. The molecule has 2 N–H and O–H groups in total. The molecule has 26 heavy (non-hydrogen) atoms. The summed E-state index contributed by atoms with van der Waals surface area (Å²) in [6.45, 7) is 4.19. The van der Waals surface area contributed by atoms with Gasteiger partial charge in [0.2, 0.25) is 5.91 Å². The van der Waals surface area contributed by atoms with Crippen molar-refractivity contribution in [3.8, 4) is 0 Å². The number of carbonyl (C=O) groups excluding carboxylic acids is 2. The zero-order valence-electron chi connectivity index (χ0n) is 15.2. The summed E-state index contributed by atoms with van der Waals surface area (Å²) in [5.41, 5.74) is 3.78. The van der Waals surface area contributed by atoms with Gasteiger partial charge < -0.3 is 10.6 Å². The number of benzene rings is 2. The van der Waals surface area contributed by atoms with E-state index >= 15 is 0 Å². The summed E-state index contributed by atoms with van der Waals surface area (Å²) in [7, 11) is 0. The lowest BCUT2D eigenvalue weighted by molar-refractivity contribution is -0.115. The lowest BCUT2D eigenvalue weighted by atomic mass is 10.1. The van der Waals surface area contributed by atoms with Gasteiger partial charge in [-0.05, 0) is 68.1 Å². The summed E-state index contributed by atoms with van der Waals surface area (Å²) in [6, 6.07) is 13.8. The number of aryl methyl sites for hydroxylation is 2. The van der Waals surface area contributed by atoms with Gasteiger partial charge in [0.15, 0.2) is 0 Å². The van der Waals surface area contributed by atoms with Crippen LogP contribution in [-0.2, 0) is 4.79 Å². The number of nitrogens with one attached hydrogen (secondary N) is 2. The van der Waals surface area contributed by atoms with Gasteiger partial charge in [0.1, 0.15) is 0 Å². The van der Waals surface area contributed by atoms with Crippen molar-refractivity contribution < 1.29 is 9.59 Å². The van der Waals surface area contributed by atoms with E-state index in [1.165, 1.54) is 16.0 Å². The summed E-state index contributed by atoms with van der Waals surface area (Å²) in [5, 5.41) is 5.84. The summed E-state index contributed by atoms with van der Waals surface area (Å²) in [5.74, 6) is 0.603. The Morgan fingerprint density at radius 3 is 2.62 bits per heavy atom. The van der Waals surface area contributed by atoms with Gasteiger partial charge in [-0.15, -0.1) is 11.8 Å². The molecular weight excluding hydrogens is 344 g/mol. The maximum atomic E-state index is 12.2. The molecule has 1 aliphatic carbocycles. The maximum Gasteiger partial charge on any atom is 0.251 e. The lowest BCUT2D eigenvalue weighted by Gasteiger charge is -2.08. The molecule has 0 unspecified atom stereocenters. The largest absolute Gasteiger partial charge is 0.349 e. The zero-order chi connectivity index (χ0) is 18.5. The second-order valence-electron chi connectivity index (χ2n) is 6.72. The minimum Gasteiger partial charge on any atom is -0.349 e. The molecule has 5 heteroatoms. The minimum atomic E-state index is -0.0751. The quantitative estimate of drug-likeness (QED) is 0.716. The van der Waals surface area contributed by atoms with Crippen molar-refractivity contribution >= 4 is 29.3 Å². The summed E-state index contributed by atoms with van der Waals surface area (Å²) in [4.78, 5) is 25.4. The Bertz CT molecular complexity index is 815. The highest BCUT2D eigenvalue weighted by atomic mass is 32.2. The van der Waals surface area contributed by atoms with Crippen molar-refractivity contribution in [2.24, 2.45) is 0 Å². The van der Waals surface area contributed by atoms with E-state index in [-0.39, 0.29) is 11.8 Å². The molecule has 0 spiro atoms. The molecule has 0 heterocycles. The fraction of sp³-hybridized carbons (Fsp3) is 0.333. The molecule has 2 aromatic carbocycles. The van der Waals surface area contributed by atoms with E-state index < -0.39 is 0 Å². The van der Waals surface area contributed by atoms with Crippen LogP contribution in [0.25, 0.3) is 0 Å². The van der Waals surface area contributed by atoms with Crippen molar-refractivity contribution in [3.63, 3.8) is 0 Å². The Labute approximate surface area is 158 Å². The Morgan fingerprint density at radius 1 is 1.08 bits per heavy atom. The highest BCUT2D eigenvalue weighted by Gasteiger charge is 2.23. The van der Waals surface area contributed by atoms with Crippen LogP contribution in [0.5, 0.6) is 0 Å². The predicted molar refractivity (Wildman–Crippen MR) is 107 cm³/mol. The first-order valence-electron chi connectivity index (χ1n) is 8.92. The van der Waals surface area contributed by atoms with Crippen LogP contribution in [0.4, 0.5) is 5.69 Å². The number of rotatable bonds is 7. The van der Waals surface area contributed by atoms with Crippen LogP contribution in [-0.4, -0.2) is 23.6 Å². The number of anilines is 1. The van der Waals surface area contributed by atoms with Gasteiger partial charge in [-0.25, -0.2) is 0 Å². The highest BCUT2D eigenvalue weighted by Crippen LogP contribution is 2.22. The van der Waals surface area contributed by atoms with Crippen LogP contribution in [0.15, 0.2) is 47.4 Å². The van der Waals surface area contributed by atoms with E-state index in [0.29, 0.717) is 23.7 Å². The average molecular weight is 369 g/mol. The smallest absolute Gasteiger partial charge is 0.251 e. The number of hydrogen-bond acceptors (Lipinski definition) is 3. The van der Waals surface area contributed by atoms with Crippen molar-refractivity contribution in [2.45, 2.75) is 44.0 Å². The first-order valence-corrected chi connectivity index (χ1v) is 9.90.